The molecule has 2 bridgehead atoms. The second kappa shape index (κ2) is 9.20. The minimum Gasteiger partial charge on any atom is -0.478 e. The topological polar surface area (TPSA) is 107 Å². The fraction of sp³-hybridized carbons (Fsp3) is 0.435. The number of aliphatic carboxylic acids is 1. The van der Waals surface area contributed by atoms with Crippen molar-refractivity contribution < 1.29 is 24.6 Å². The number of aromatic carboxylic acids is 1. The van der Waals surface area contributed by atoms with Gasteiger partial charge >= 0.3 is 17.8 Å². The molecule has 1 amide bonds. The summed E-state index contributed by atoms with van der Waals surface area (Å²) >= 11 is 1.24. The molecule has 3 heterocycles. The molecule has 0 spiro atoms. The molecule has 2 aliphatic rings. The Morgan fingerprint density at radius 2 is 1.90 bits per heavy atom. The van der Waals surface area contributed by atoms with Crippen molar-refractivity contribution in [1.82, 2.24) is 4.90 Å². The minimum absolute atomic E-state index is 0.0791. The lowest BCUT2D eigenvalue weighted by Gasteiger charge is -2.43. The highest BCUT2D eigenvalue weighted by Gasteiger charge is 2.41. The number of carboxylic acid groups (broad SMARTS) is 2. The van der Waals surface area contributed by atoms with Crippen molar-refractivity contribution in [3.63, 3.8) is 0 Å². The van der Waals surface area contributed by atoms with E-state index >= 15 is 0 Å². The number of carbonyl (C=O) groups excluding carboxylic acids is 1. The number of thiophene rings is 1. The van der Waals surface area contributed by atoms with Crippen LogP contribution in [0.2, 0.25) is 0 Å². The van der Waals surface area contributed by atoms with Crippen LogP contribution in [0.5, 0.6) is 0 Å². The van der Waals surface area contributed by atoms with Crippen molar-refractivity contribution in [3.8, 4) is 0 Å². The average Bonchev–Trinajstić information content (AvgIpc) is 3.13. The Morgan fingerprint density at radius 3 is 2.61 bits per heavy atom. The summed E-state index contributed by atoms with van der Waals surface area (Å²) in [5.41, 5.74) is 2.20. The maximum atomic E-state index is 12.1. The van der Waals surface area contributed by atoms with Gasteiger partial charge in [0.2, 0.25) is 0 Å². The third kappa shape index (κ3) is 4.50. The standard InChI is InChI=1S/C23H26N2O5S/c26-20(23(29)30)24-21-18(22(27)28)17-15-10-6-12-25(13-15)16(19(17)31-21)11-5-4-9-14-7-2-1-3-8-14/h1-3,7-8,15-16H,4-6,9-13H2,(H,24,26)(H,27,28)(H,29,30). The minimum atomic E-state index is -1.62. The number of piperidine rings is 1. The zero-order chi connectivity index (χ0) is 22.0. The summed E-state index contributed by atoms with van der Waals surface area (Å²) in [6.07, 6.45) is 5.90. The molecule has 4 rings (SSSR count). The number of rotatable bonds is 7. The smallest absolute Gasteiger partial charge is 0.394 e. The van der Waals surface area contributed by atoms with Crippen LogP contribution in [-0.4, -0.2) is 46.0 Å². The van der Waals surface area contributed by atoms with Crippen LogP contribution in [0.3, 0.4) is 0 Å². The van der Waals surface area contributed by atoms with Gasteiger partial charge in [0.25, 0.3) is 0 Å². The normalized spacial score (nSPS) is 21.9. The van der Waals surface area contributed by atoms with Gasteiger partial charge < -0.3 is 15.5 Å². The van der Waals surface area contributed by atoms with E-state index in [1.807, 2.05) is 18.2 Å². The van der Waals surface area contributed by atoms with E-state index in [1.54, 1.807) is 0 Å². The average molecular weight is 443 g/mol. The molecule has 3 atom stereocenters. The molecular formula is C23H26N2O5S. The number of hydrogen-bond acceptors (Lipinski definition) is 5. The summed E-state index contributed by atoms with van der Waals surface area (Å²) in [5, 5.41) is 21.3. The molecule has 164 valence electrons. The number of amides is 1. The number of fused-ring (bicyclic) bond motifs is 4. The van der Waals surface area contributed by atoms with E-state index in [4.69, 9.17) is 5.11 Å². The Hall–Kier alpha value is -2.71. The summed E-state index contributed by atoms with van der Waals surface area (Å²) in [6.45, 7) is 1.80. The molecule has 3 N–H and O–H groups in total. The zero-order valence-corrected chi connectivity index (χ0v) is 18.0. The first kappa shape index (κ1) is 21.5. The van der Waals surface area contributed by atoms with E-state index in [2.05, 4.69) is 22.3 Å². The van der Waals surface area contributed by atoms with Gasteiger partial charge in [-0.2, -0.15) is 0 Å². The third-order valence-corrected chi connectivity index (χ3v) is 7.47. The second-order valence-electron chi connectivity index (χ2n) is 8.23. The van der Waals surface area contributed by atoms with Gasteiger partial charge in [0.15, 0.2) is 0 Å². The first-order valence-electron chi connectivity index (χ1n) is 10.7. The van der Waals surface area contributed by atoms with Gasteiger partial charge in [-0.05, 0) is 55.7 Å². The van der Waals surface area contributed by atoms with Crippen LogP contribution in [0, 0.1) is 0 Å². The molecule has 31 heavy (non-hydrogen) atoms. The van der Waals surface area contributed by atoms with Crippen LogP contribution in [0.4, 0.5) is 5.00 Å². The Bertz CT molecular complexity index is 987. The van der Waals surface area contributed by atoms with E-state index < -0.39 is 17.8 Å². The highest BCUT2D eigenvalue weighted by Crippen LogP contribution is 2.51. The molecule has 2 aliphatic heterocycles. The van der Waals surface area contributed by atoms with Crippen molar-refractivity contribution in [2.24, 2.45) is 0 Å². The maximum Gasteiger partial charge on any atom is 0.394 e. The van der Waals surface area contributed by atoms with Crippen molar-refractivity contribution in [3.05, 3.63) is 51.9 Å². The first-order chi connectivity index (χ1) is 15.0. The van der Waals surface area contributed by atoms with Crippen LogP contribution >= 0.6 is 11.3 Å². The van der Waals surface area contributed by atoms with Gasteiger partial charge in [-0.15, -0.1) is 11.3 Å². The van der Waals surface area contributed by atoms with E-state index in [0.717, 1.165) is 62.1 Å². The Balaban J connectivity index is 1.57. The van der Waals surface area contributed by atoms with Crippen molar-refractivity contribution in [2.75, 3.05) is 18.4 Å². The number of carbonyl (C=O) groups is 3. The molecule has 1 saturated heterocycles. The highest BCUT2D eigenvalue weighted by atomic mass is 32.1. The third-order valence-electron chi connectivity index (χ3n) is 6.25. The molecule has 3 unspecified atom stereocenters. The zero-order valence-electron chi connectivity index (χ0n) is 17.2. The maximum absolute atomic E-state index is 12.1. The summed E-state index contributed by atoms with van der Waals surface area (Å²) in [6, 6.07) is 10.5. The largest absolute Gasteiger partial charge is 0.478 e. The fourth-order valence-electron chi connectivity index (χ4n) is 4.89. The van der Waals surface area contributed by atoms with Crippen LogP contribution < -0.4 is 5.32 Å². The number of carboxylic acids is 2. The summed E-state index contributed by atoms with van der Waals surface area (Å²) < 4.78 is 0. The monoisotopic (exact) mass is 442 g/mol. The SMILES string of the molecule is O=C(O)C(=O)Nc1sc2c(c1C(=O)O)C1CCCN(C1)C2CCCCc1ccccc1. The highest BCUT2D eigenvalue weighted by molar-refractivity contribution is 7.17. The molecule has 0 aliphatic carbocycles. The van der Waals surface area contributed by atoms with Gasteiger partial charge in [0.05, 0.1) is 5.56 Å². The number of nitrogens with one attached hydrogen (secondary N) is 1. The quantitative estimate of drug-likeness (QED) is 0.440. The molecular weight excluding hydrogens is 416 g/mol. The Kier molecular flexibility index (Phi) is 6.38. The van der Waals surface area contributed by atoms with Gasteiger partial charge in [-0.3, -0.25) is 9.69 Å². The number of nitrogens with zero attached hydrogens (tertiary/aromatic N) is 1. The van der Waals surface area contributed by atoms with Gasteiger partial charge in [0, 0.05) is 17.5 Å². The lowest BCUT2D eigenvalue weighted by Crippen LogP contribution is -2.41. The van der Waals surface area contributed by atoms with Crippen molar-refractivity contribution in [2.45, 2.75) is 50.5 Å². The fourth-order valence-corrected chi connectivity index (χ4v) is 6.33. The Labute approximate surface area is 184 Å². The summed E-state index contributed by atoms with van der Waals surface area (Å²) in [4.78, 5) is 38.3. The predicted molar refractivity (Wildman–Crippen MR) is 118 cm³/mol. The van der Waals surface area contributed by atoms with Crippen LogP contribution in [0.25, 0.3) is 0 Å². The lowest BCUT2D eigenvalue weighted by atomic mass is 9.81. The number of unbranched alkanes of at least 4 members (excludes halogenated alkanes) is 1. The van der Waals surface area contributed by atoms with E-state index in [9.17, 15) is 19.5 Å². The van der Waals surface area contributed by atoms with E-state index in [1.165, 1.54) is 16.9 Å². The number of aryl methyl sites for hydroxylation is 1. The molecule has 2 aromatic rings. The van der Waals surface area contributed by atoms with Crippen molar-refractivity contribution >= 4 is 34.2 Å². The van der Waals surface area contributed by atoms with Crippen LogP contribution in [0.1, 0.15) is 70.4 Å². The molecule has 1 aromatic heterocycles. The number of hydrogen-bond donors (Lipinski definition) is 3. The number of benzene rings is 1. The molecule has 7 nitrogen and oxygen atoms in total. The van der Waals surface area contributed by atoms with Crippen molar-refractivity contribution in [1.29, 1.82) is 0 Å². The van der Waals surface area contributed by atoms with E-state index in [0.29, 0.717) is 0 Å². The molecule has 1 aromatic carbocycles. The summed E-state index contributed by atoms with van der Waals surface area (Å²) in [7, 11) is 0. The molecule has 8 heteroatoms. The van der Waals surface area contributed by atoms with Crippen LogP contribution in [-0.2, 0) is 16.0 Å². The lowest BCUT2D eigenvalue weighted by molar-refractivity contribution is -0.147. The van der Waals surface area contributed by atoms with E-state index in [-0.39, 0.29) is 22.5 Å². The van der Waals surface area contributed by atoms with Gasteiger partial charge in [-0.1, -0.05) is 36.8 Å². The first-order valence-corrected chi connectivity index (χ1v) is 11.5. The molecule has 0 saturated carbocycles. The second-order valence-corrected chi connectivity index (χ2v) is 9.28. The number of anilines is 1. The van der Waals surface area contributed by atoms with Gasteiger partial charge in [0.1, 0.15) is 5.00 Å². The predicted octanol–water partition coefficient (Wildman–Crippen LogP) is 4.12. The van der Waals surface area contributed by atoms with Crippen LogP contribution in [0.15, 0.2) is 30.3 Å². The Morgan fingerprint density at radius 1 is 1.13 bits per heavy atom. The summed E-state index contributed by atoms with van der Waals surface area (Å²) in [5.74, 6) is -3.83. The van der Waals surface area contributed by atoms with Gasteiger partial charge in [-0.25, -0.2) is 9.59 Å². The molecule has 0 radical (unpaired) electrons. The molecule has 1 fully saturated rings.